The van der Waals surface area contributed by atoms with Crippen LogP contribution in [0.4, 0.5) is 5.69 Å². The van der Waals surface area contributed by atoms with Crippen molar-refractivity contribution in [3.8, 4) is 6.07 Å². The van der Waals surface area contributed by atoms with Gasteiger partial charge in [-0.1, -0.05) is 11.6 Å². The Morgan fingerprint density at radius 1 is 1.24 bits per heavy atom. The molecule has 0 aromatic heterocycles. The van der Waals surface area contributed by atoms with Gasteiger partial charge in [0.15, 0.2) is 0 Å². The second-order valence-electron chi connectivity index (χ2n) is 4.52. The molecule has 1 aromatic rings. The Hall–Kier alpha value is -2.39. The van der Waals surface area contributed by atoms with Gasteiger partial charge in [0.2, 0.25) is 5.71 Å². The first-order chi connectivity index (χ1) is 10.2. The fourth-order valence-corrected chi connectivity index (χ4v) is 1.98. The zero-order chi connectivity index (χ0) is 15.1. The van der Waals surface area contributed by atoms with Gasteiger partial charge in [-0.2, -0.15) is 15.5 Å². The van der Waals surface area contributed by atoms with Crippen LogP contribution in [0.5, 0.6) is 0 Å². The Morgan fingerprint density at radius 2 is 1.90 bits per heavy atom. The summed E-state index contributed by atoms with van der Waals surface area (Å²) in [4.78, 5) is 11.8. The lowest BCUT2D eigenvalue weighted by Crippen LogP contribution is -2.27. The molecule has 0 spiro atoms. The second-order valence-corrected chi connectivity index (χ2v) is 4.95. The van der Waals surface area contributed by atoms with E-state index in [9.17, 15) is 4.79 Å². The molecule has 6 nitrogen and oxygen atoms in total. The molecule has 0 heterocycles. The first-order valence-corrected chi connectivity index (χ1v) is 6.92. The minimum Gasteiger partial charge on any atom is -0.277 e. The number of benzene rings is 1. The van der Waals surface area contributed by atoms with E-state index >= 15 is 0 Å². The summed E-state index contributed by atoms with van der Waals surface area (Å²) in [5.41, 5.74) is 6.28. The van der Waals surface area contributed by atoms with Crippen molar-refractivity contribution >= 4 is 34.6 Å². The van der Waals surface area contributed by atoms with Gasteiger partial charge in [0.1, 0.15) is 6.07 Å². The minimum absolute atomic E-state index is 0.285. The van der Waals surface area contributed by atoms with Gasteiger partial charge in [-0.3, -0.25) is 10.2 Å². The lowest BCUT2D eigenvalue weighted by Gasteiger charge is -2.02. The van der Waals surface area contributed by atoms with Crippen molar-refractivity contribution in [3.63, 3.8) is 0 Å². The van der Waals surface area contributed by atoms with Gasteiger partial charge in [-0.15, -0.1) is 0 Å². The molecule has 2 rings (SSSR count). The van der Waals surface area contributed by atoms with Crippen LogP contribution in [0, 0.1) is 11.3 Å². The average molecular weight is 304 g/mol. The van der Waals surface area contributed by atoms with Crippen LogP contribution >= 0.6 is 11.6 Å². The fraction of sp³-hybridized carbons (Fsp3) is 0.286. The smallest absolute Gasteiger partial charge is 0.277 e. The number of amides is 1. The summed E-state index contributed by atoms with van der Waals surface area (Å²) in [6.07, 6.45) is 3.96. The monoisotopic (exact) mass is 303 g/mol. The van der Waals surface area contributed by atoms with Crippen molar-refractivity contribution in [3.05, 3.63) is 29.3 Å². The van der Waals surface area contributed by atoms with Crippen molar-refractivity contribution in [1.29, 1.82) is 5.26 Å². The molecule has 0 aliphatic heterocycles. The number of halogens is 1. The number of rotatable bonds is 4. The lowest BCUT2D eigenvalue weighted by atomic mass is 10.3. The number of nitriles is 1. The second kappa shape index (κ2) is 7.41. The van der Waals surface area contributed by atoms with Crippen LogP contribution in [0.25, 0.3) is 0 Å². The quantitative estimate of drug-likeness (QED) is 0.662. The van der Waals surface area contributed by atoms with Crippen molar-refractivity contribution < 1.29 is 4.79 Å². The summed E-state index contributed by atoms with van der Waals surface area (Å²) in [5.74, 6) is -0.627. The number of anilines is 1. The van der Waals surface area contributed by atoms with Gasteiger partial charge in [-0.05, 0) is 49.9 Å². The van der Waals surface area contributed by atoms with Gasteiger partial charge in [-0.25, -0.2) is 5.43 Å². The van der Waals surface area contributed by atoms with E-state index in [1.165, 1.54) is 0 Å². The molecule has 0 bridgehead atoms. The topological polar surface area (TPSA) is 89.6 Å². The standard InChI is InChI=1S/C14H14ClN5O/c15-10-5-7-12(8-6-10)17-19-13(9-16)14(21)20-18-11-3-1-2-4-11/h5-8,17H,1-4H2,(H,20,21)/b19-13-. The molecular formula is C14H14ClN5O. The zero-order valence-corrected chi connectivity index (χ0v) is 12.0. The number of hydrazone groups is 2. The highest BCUT2D eigenvalue weighted by atomic mass is 35.5. The van der Waals surface area contributed by atoms with E-state index in [4.69, 9.17) is 16.9 Å². The van der Waals surface area contributed by atoms with E-state index < -0.39 is 5.91 Å². The van der Waals surface area contributed by atoms with E-state index in [1.54, 1.807) is 30.3 Å². The highest BCUT2D eigenvalue weighted by molar-refractivity contribution is 6.45. The zero-order valence-electron chi connectivity index (χ0n) is 11.3. The molecule has 2 N–H and O–H groups in total. The summed E-state index contributed by atoms with van der Waals surface area (Å²) >= 11 is 5.76. The summed E-state index contributed by atoms with van der Waals surface area (Å²) in [7, 11) is 0. The fourth-order valence-electron chi connectivity index (χ4n) is 1.85. The van der Waals surface area contributed by atoms with Crippen LogP contribution in [-0.4, -0.2) is 17.3 Å². The predicted molar refractivity (Wildman–Crippen MR) is 82.2 cm³/mol. The van der Waals surface area contributed by atoms with Gasteiger partial charge in [0, 0.05) is 10.7 Å². The number of hydrogen-bond donors (Lipinski definition) is 2. The summed E-state index contributed by atoms with van der Waals surface area (Å²) < 4.78 is 0. The third-order valence-corrected chi connectivity index (χ3v) is 3.21. The number of nitrogens with zero attached hydrogens (tertiary/aromatic N) is 3. The van der Waals surface area contributed by atoms with Crippen LogP contribution in [0.2, 0.25) is 5.02 Å². The van der Waals surface area contributed by atoms with Crippen LogP contribution in [0.1, 0.15) is 25.7 Å². The van der Waals surface area contributed by atoms with Gasteiger partial charge in [0.05, 0.1) is 5.69 Å². The van der Waals surface area contributed by atoms with Crippen LogP contribution in [0.15, 0.2) is 34.5 Å². The maximum atomic E-state index is 11.8. The van der Waals surface area contributed by atoms with E-state index in [2.05, 4.69) is 21.1 Å². The number of hydrogen-bond acceptors (Lipinski definition) is 5. The molecule has 0 unspecified atom stereocenters. The highest BCUT2D eigenvalue weighted by Crippen LogP contribution is 2.14. The van der Waals surface area contributed by atoms with Crippen molar-refractivity contribution in [2.24, 2.45) is 10.2 Å². The molecule has 1 aliphatic carbocycles. The summed E-state index contributed by atoms with van der Waals surface area (Å²) in [6, 6.07) is 8.48. The average Bonchev–Trinajstić information content (AvgIpc) is 3.01. The molecule has 0 atom stereocenters. The first-order valence-electron chi connectivity index (χ1n) is 6.54. The molecular weight excluding hydrogens is 290 g/mol. The largest absolute Gasteiger partial charge is 0.302 e. The number of carbonyl (C=O) groups excluding carboxylic acids is 1. The van der Waals surface area contributed by atoms with E-state index in [1.807, 2.05) is 0 Å². The Bertz CT molecular complexity index is 607. The molecule has 0 saturated heterocycles. The molecule has 1 amide bonds. The molecule has 0 radical (unpaired) electrons. The molecule has 1 aliphatic rings. The molecule has 108 valence electrons. The third-order valence-electron chi connectivity index (χ3n) is 2.96. The Balaban J connectivity index is 1.96. The van der Waals surface area contributed by atoms with E-state index in [0.717, 1.165) is 31.4 Å². The van der Waals surface area contributed by atoms with Crippen LogP contribution < -0.4 is 10.9 Å². The molecule has 21 heavy (non-hydrogen) atoms. The van der Waals surface area contributed by atoms with Crippen LogP contribution in [-0.2, 0) is 4.79 Å². The maximum absolute atomic E-state index is 11.8. The van der Waals surface area contributed by atoms with Crippen molar-refractivity contribution in [2.75, 3.05) is 5.43 Å². The van der Waals surface area contributed by atoms with Gasteiger partial charge in [0.25, 0.3) is 0 Å². The molecule has 1 saturated carbocycles. The van der Waals surface area contributed by atoms with E-state index in [-0.39, 0.29) is 5.71 Å². The first kappa shape index (κ1) is 15.0. The summed E-state index contributed by atoms with van der Waals surface area (Å²) in [6.45, 7) is 0. The van der Waals surface area contributed by atoms with Crippen molar-refractivity contribution in [2.45, 2.75) is 25.7 Å². The maximum Gasteiger partial charge on any atom is 0.302 e. The Kier molecular flexibility index (Phi) is 5.29. The van der Waals surface area contributed by atoms with E-state index in [0.29, 0.717) is 10.7 Å². The third kappa shape index (κ3) is 4.58. The molecule has 1 aromatic carbocycles. The Labute approximate surface area is 127 Å². The molecule has 7 heteroatoms. The Morgan fingerprint density at radius 3 is 2.52 bits per heavy atom. The van der Waals surface area contributed by atoms with Gasteiger partial charge >= 0.3 is 5.91 Å². The SMILES string of the molecule is N#C/C(=N/Nc1ccc(Cl)cc1)C(=O)NN=C1CCCC1. The normalized spacial score (nSPS) is 14.5. The lowest BCUT2D eigenvalue weighted by molar-refractivity contribution is -0.114. The van der Waals surface area contributed by atoms with Crippen LogP contribution in [0.3, 0.4) is 0 Å². The molecule has 1 fully saturated rings. The predicted octanol–water partition coefficient (Wildman–Crippen LogP) is 2.68. The summed E-state index contributed by atoms with van der Waals surface area (Å²) in [5, 5.41) is 17.3. The van der Waals surface area contributed by atoms with Crippen molar-refractivity contribution in [1.82, 2.24) is 5.43 Å². The minimum atomic E-state index is -0.627. The number of nitrogens with one attached hydrogen (secondary N) is 2. The van der Waals surface area contributed by atoms with Gasteiger partial charge < -0.3 is 0 Å². The number of carbonyl (C=O) groups is 1. The highest BCUT2D eigenvalue weighted by Gasteiger charge is 2.12.